The zero-order chi connectivity index (χ0) is 24.5. The minimum atomic E-state index is -0.783. The second-order valence-electron chi connectivity index (χ2n) is 7.98. The number of aromatic nitrogens is 4. The van der Waals surface area contributed by atoms with E-state index in [2.05, 4.69) is 20.3 Å². The summed E-state index contributed by atoms with van der Waals surface area (Å²) in [6.07, 6.45) is 3.34. The Morgan fingerprint density at radius 3 is 2.54 bits per heavy atom. The first-order valence-corrected chi connectivity index (χ1v) is 10.7. The topological polar surface area (TPSA) is 128 Å². The van der Waals surface area contributed by atoms with Gasteiger partial charge in [0.15, 0.2) is 11.5 Å². The number of halogens is 2. The molecule has 9 nitrogen and oxygen atoms in total. The Morgan fingerprint density at radius 2 is 1.89 bits per heavy atom. The maximum atomic E-state index is 14.0. The van der Waals surface area contributed by atoms with Crippen molar-refractivity contribution < 1.29 is 18.3 Å². The van der Waals surface area contributed by atoms with Gasteiger partial charge in [-0.25, -0.2) is 18.7 Å². The number of nitrogens with one attached hydrogen (secondary N) is 2. The Balaban J connectivity index is 1.55. The average Bonchev–Trinajstić information content (AvgIpc) is 3.34. The van der Waals surface area contributed by atoms with Gasteiger partial charge in [-0.05, 0) is 30.3 Å². The number of hydrogen-bond donors (Lipinski definition) is 3. The fourth-order valence-corrected chi connectivity index (χ4v) is 3.75. The Morgan fingerprint density at radius 1 is 1.11 bits per heavy atom. The summed E-state index contributed by atoms with van der Waals surface area (Å²) in [5.74, 6) is -2.48. The van der Waals surface area contributed by atoms with Crippen molar-refractivity contribution in [1.82, 2.24) is 24.8 Å². The number of benzene rings is 1. The van der Waals surface area contributed by atoms with E-state index in [9.17, 15) is 18.4 Å². The molecule has 1 fully saturated rings. The van der Waals surface area contributed by atoms with E-state index < -0.39 is 24.1 Å². The van der Waals surface area contributed by atoms with Crippen LogP contribution in [0, 0.1) is 11.6 Å². The lowest BCUT2D eigenvalue weighted by molar-refractivity contribution is -0.0247. The molecule has 4 N–H and O–H groups in total. The standard InChI is InChI=1S/C24H20F2N6O3/c25-16-3-1-4-17(26)15(16)9-29-24(34)22-23(27)31-21(18-5-2-8-28-18)20(30-22)13-6-7-19(33)32(10-13)14-11-35-12-14/h1-8,10,14,28H,9,11-12H2,(H2,27,31)(H,29,34). The van der Waals surface area contributed by atoms with Crippen LogP contribution in [0.2, 0.25) is 0 Å². The summed E-state index contributed by atoms with van der Waals surface area (Å²) in [5.41, 5.74) is 7.18. The number of anilines is 1. The highest BCUT2D eigenvalue weighted by molar-refractivity contribution is 5.97. The molecule has 1 aliphatic heterocycles. The van der Waals surface area contributed by atoms with Gasteiger partial charge in [-0.15, -0.1) is 0 Å². The molecule has 0 spiro atoms. The van der Waals surface area contributed by atoms with Crippen LogP contribution in [0.5, 0.6) is 0 Å². The lowest BCUT2D eigenvalue weighted by Crippen LogP contribution is -2.36. The number of amides is 1. The van der Waals surface area contributed by atoms with Crippen molar-refractivity contribution in [3.63, 3.8) is 0 Å². The van der Waals surface area contributed by atoms with Crippen LogP contribution in [0.25, 0.3) is 22.6 Å². The molecule has 1 saturated heterocycles. The number of carbonyl (C=O) groups is 1. The minimum absolute atomic E-state index is 0.100. The van der Waals surface area contributed by atoms with Gasteiger partial charge < -0.3 is 25.3 Å². The molecule has 0 radical (unpaired) electrons. The van der Waals surface area contributed by atoms with Crippen LogP contribution in [0.1, 0.15) is 22.1 Å². The van der Waals surface area contributed by atoms with Crippen molar-refractivity contribution in [2.24, 2.45) is 0 Å². The third kappa shape index (κ3) is 4.28. The second kappa shape index (κ2) is 9.11. The molecule has 5 rings (SSSR count). The summed E-state index contributed by atoms with van der Waals surface area (Å²) in [7, 11) is 0. The van der Waals surface area contributed by atoms with Crippen LogP contribution < -0.4 is 16.6 Å². The van der Waals surface area contributed by atoms with Gasteiger partial charge in [0.25, 0.3) is 11.5 Å². The fourth-order valence-electron chi connectivity index (χ4n) is 3.75. The fraction of sp³-hybridized carbons (Fsp3) is 0.167. The molecule has 11 heteroatoms. The first kappa shape index (κ1) is 22.4. The summed E-state index contributed by atoms with van der Waals surface area (Å²) in [6, 6.07) is 9.87. The molecule has 0 atom stereocenters. The molecule has 0 bridgehead atoms. The van der Waals surface area contributed by atoms with Gasteiger partial charge in [-0.1, -0.05) is 6.07 Å². The molecular weight excluding hydrogens is 458 g/mol. The molecule has 1 aliphatic rings. The van der Waals surface area contributed by atoms with Crippen LogP contribution in [0.15, 0.2) is 59.7 Å². The number of nitrogens with two attached hydrogens (primary N) is 1. The number of nitrogen functional groups attached to an aromatic ring is 1. The van der Waals surface area contributed by atoms with E-state index in [1.807, 2.05) is 0 Å². The quantitative estimate of drug-likeness (QED) is 0.391. The van der Waals surface area contributed by atoms with Gasteiger partial charge in [0.05, 0.1) is 24.9 Å². The van der Waals surface area contributed by atoms with Crippen molar-refractivity contribution >= 4 is 11.7 Å². The normalized spacial score (nSPS) is 13.4. The van der Waals surface area contributed by atoms with E-state index in [-0.39, 0.29) is 28.7 Å². The van der Waals surface area contributed by atoms with Gasteiger partial charge in [0.2, 0.25) is 0 Å². The van der Waals surface area contributed by atoms with E-state index >= 15 is 0 Å². The Hall–Kier alpha value is -4.38. The third-order valence-corrected chi connectivity index (χ3v) is 5.70. The molecule has 35 heavy (non-hydrogen) atoms. The van der Waals surface area contributed by atoms with Crippen LogP contribution in [0.3, 0.4) is 0 Å². The highest BCUT2D eigenvalue weighted by atomic mass is 19.1. The Kier molecular flexibility index (Phi) is 5.83. The molecular formula is C24H20F2N6O3. The Labute approximate surface area is 197 Å². The van der Waals surface area contributed by atoms with Gasteiger partial charge in [0.1, 0.15) is 23.0 Å². The van der Waals surface area contributed by atoms with Crippen molar-refractivity contribution in [2.75, 3.05) is 18.9 Å². The maximum absolute atomic E-state index is 14.0. The van der Waals surface area contributed by atoms with E-state index in [0.717, 1.165) is 12.1 Å². The lowest BCUT2D eigenvalue weighted by atomic mass is 10.1. The van der Waals surface area contributed by atoms with Crippen molar-refractivity contribution in [3.05, 3.63) is 88.1 Å². The lowest BCUT2D eigenvalue weighted by Gasteiger charge is -2.28. The number of hydrogen-bond acceptors (Lipinski definition) is 6. The highest BCUT2D eigenvalue weighted by Gasteiger charge is 2.24. The van der Waals surface area contributed by atoms with Gasteiger partial charge in [-0.2, -0.15) is 0 Å². The van der Waals surface area contributed by atoms with E-state index in [1.165, 1.54) is 12.1 Å². The van der Waals surface area contributed by atoms with E-state index in [1.54, 1.807) is 35.2 Å². The molecule has 4 aromatic rings. The monoisotopic (exact) mass is 478 g/mol. The smallest absolute Gasteiger partial charge is 0.274 e. The molecule has 0 aliphatic carbocycles. The number of rotatable bonds is 6. The number of carbonyl (C=O) groups excluding carboxylic acids is 1. The van der Waals surface area contributed by atoms with Gasteiger partial charge >= 0.3 is 0 Å². The first-order chi connectivity index (χ1) is 16.9. The zero-order valence-corrected chi connectivity index (χ0v) is 18.3. The molecule has 178 valence electrons. The summed E-state index contributed by atoms with van der Waals surface area (Å²) >= 11 is 0. The number of nitrogens with zero attached hydrogens (tertiary/aromatic N) is 3. The predicted octanol–water partition coefficient (Wildman–Crippen LogP) is 2.66. The number of H-pyrrole nitrogens is 1. The zero-order valence-electron chi connectivity index (χ0n) is 18.3. The maximum Gasteiger partial charge on any atom is 0.274 e. The largest absolute Gasteiger partial charge is 0.382 e. The van der Waals surface area contributed by atoms with Crippen LogP contribution in [0.4, 0.5) is 14.6 Å². The molecule has 1 aromatic carbocycles. The average molecular weight is 478 g/mol. The molecule has 1 amide bonds. The van der Waals surface area contributed by atoms with Crippen LogP contribution >= 0.6 is 0 Å². The molecule has 0 unspecified atom stereocenters. The van der Waals surface area contributed by atoms with E-state index in [4.69, 9.17) is 10.5 Å². The number of pyridine rings is 1. The minimum Gasteiger partial charge on any atom is -0.382 e. The SMILES string of the molecule is Nc1nc(-c2ccc[nH]2)c(-c2ccc(=O)n(C3COC3)c2)nc1C(=O)NCc1c(F)cccc1F. The van der Waals surface area contributed by atoms with Gasteiger partial charge in [-0.3, -0.25) is 9.59 Å². The van der Waals surface area contributed by atoms with Crippen molar-refractivity contribution in [1.29, 1.82) is 0 Å². The molecule has 3 aromatic heterocycles. The summed E-state index contributed by atoms with van der Waals surface area (Å²) in [4.78, 5) is 37.2. The van der Waals surface area contributed by atoms with Crippen molar-refractivity contribution in [3.8, 4) is 22.6 Å². The van der Waals surface area contributed by atoms with Gasteiger partial charge in [0, 0.05) is 36.1 Å². The summed E-state index contributed by atoms with van der Waals surface area (Å²) in [5, 5.41) is 2.45. The van der Waals surface area contributed by atoms with E-state index in [0.29, 0.717) is 35.9 Å². The van der Waals surface area contributed by atoms with Crippen molar-refractivity contribution in [2.45, 2.75) is 12.6 Å². The summed E-state index contributed by atoms with van der Waals surface area (Å²) < 4.78 is 34.7. The van der Waals surface area contributed by atoms with Crippen LogP contribution in [-0.2, 0) is 11.3 Å². The molecule has 0 saturated carbocycles. The Bertz CT molecular complexity index is 1440. The second-order valence-corrected chi connectivity index (χ2v) is 7.98. The summed E-state index contributed by atoms with van der Waals surface area (Å²) in [6.45, 7) is 0.430. The van der Waals surface area contributed by atoms with Crippen LogP contribution in [-0.4, -0.2) is 38.6 Å². The highest BCUT2D eigenvalue weighted by Crippen LogP contribution is 2.30. The molecule has 4 heterocycles. The number of aromatic amines is 1. The third-order valence-electron chi connectivity index (χ3n) is 5.70. The first-order valence-electron chi connectivity index (χ1n) is 10.7. The predicted molar refractivity (Wildman–Crippen MR) is 123 cm³/mol. The number of ether oxygens (including phenoxy) is 1.